The van der Waals surface area contributed by atoms with Crippen molar-refractivity contribution in [3.63, 3.8) is 0 Å². The van der Waals surface area contributed by atoms with Crippen LogP contribution in [0.5, 0.6) is 0 Å². The summed E-state index contributed by atoms with van der Waals surface area (Å²) in [5.74, 6) is 0. The highest BCUT2D eigenvalue weighted by Crippen LogP contribution is 2.30. The average Bonchev–Trinajstić information content (AvgIpc) is 3.12. The number of aromatic nitrogens is 4. The molecule has 108 valence electrons. The molecule has 0 radical (unpaired) electrons. The van der Waals surface area contributed by atoms with E-state index >= 15 is 0 Å². The minimum atomic E-state index is 0.185. The van der Waals surface area contributed by atoms with Gasteiger partial charge in [0.05, 0.1) is 16.1 Å². The van der Waals surface area contributed by atoms with Gasteiger partial charge in [-0.25, -0.2) is 4.68 Å². The van der Waals surface area contributed by atoms with Crippen LogP contribution < -0.4 is 5.32 Å². The molecule has 0 aliphatic carbocycles. The third kappa shape index (κ3) is 3.06. The van der Waals surface area contributed by atoms with Gasteiger partial charge in [0.15, 0.2) is 0 Å². The molecule has 0 bridgehead atoms. The molecule has 1 N–H and O–H groups in total. The second-order valence-corrected chi connectivity index (χ2v) is 6.51. The highest BCUT2D eigenvalue weighted by atomic mass is 35.5. The third-order valence-corrected chi connectivity index (χ3v) is 4.64. The summed E-state index contributed by atoms with van der Waals surface area (Å²) in [5.41, 5.74) is 3.14. The Bertz CT molecular complexity index is 738. The van der Waals surface area contributed by atoms with Crippen molar-refractivity contribution < 1.29 is 0 Å². The van der Waals surface area contributed by atoms with Gasteiger partial charge >= 0.3 is 0 Å². The van der Waals surface area contributed by atoms with Crippen LogP contribution in [0.1, 0.15) is 23.4 Å². The number of tetrazole rings is 1. The molecule has 21 heavy (non-hydrogen) atoms. The van der Waals surface area contributed by atoms with E-state index in [0.29, 0.717) is 0 Å². The number of benzene rings is 1. The predicted octanol–water partition coefficient (Wildman–Crippen LogP) is 3.86. The van der Waals surface area contributed by atoms with Gasteiger partial charge in [-0.2, -0.15) is 0 Å². The number of anilines is 1. The van der Waals surface area contributed by atoms with Gasteiger partial charge in [-0.3, -0.25) is 0 Å². The molecular formula is C14H14ClN5S. The number of halogens is 1. The minimum absolute atomic E-state index is 0.185. The molecule has 1 aromatic carbocycles. The van der Waals surface area contributed by atoms with E-state index in [1.165, 1.54) is 10.4 Å². The first-order valence-corrected chi connectivity index (χ1v) is 7.69. The summed E-state index contributed by atoms with van der Waals surface area (Å²) in [7, 11) is 0. The van der Waals surface area contributed by atoms with E-state index in [9.17, 15) is 0 Å². The van der Waals surface area contributed by atoms with E-state index in [1.54, 1.807) is 22.3 Å². The second kappa shape index (κ2) is 5.83. The highest BCUT2D eigenvalue weighted by Gasteiger charge is 2.10. The van der Waals surface area contributed by atoms with Gasteiger partial charge in [0.2, 0.25) is 0 Å². The van der Waals surface area contributed by atoms with Crippen LogP contribution in [-0.2, 0) is 0 Å². The van der Waals surface area contributed by atoms with Crippen LogP contribution >= 0.6 is 22.9 Å². The van der Waals surface area contributed by atoms with Gasteiger partial charge < -0.3 is 5.32 Å². The van der Waals surface area contributed by atoms with Crippen molar-refractivity contribution in [1.29, 1.82) is 0 Å². The number of thiophene rings is 1. The van der Waals surface area contributed by atoms with Crippen LogP contribution in [0.3, 0.4) is 0 Å². The molecule has 1 atom stereocenters. The number of nitrogens with zero attached hydrogens (tertiary/aromatic N) is 4. The van der Waals surface area contributed by atoms with Crippen molar-refractivity contribution in [3.8, 4) is 5.69 Å². The van der Waals surface area contributed by atoms with Gasteiger partial charge in [0, 0.05) is 10.6 Å². The lowest BCUT2D eigenvalue weighted by molar-refractivity contribution is 0.788. The lowest BCUT2D eigenvalue weighted by atomic mass is 10.1. The van der Waals surface area contributed by atoms with Crippen LogP contribution in [0.2, 0.25) is 4.34 Å². The Morgan fingerprint density at radius 2 is 2.14 bits per heavy atom. The molecule has 0 amide bonds. The Kier molecular flexibility index (Phi) is 3.90. The minimum Gasteiger partial charge on any atom is -0.377 e. The average molecular weight is 320 g/mol. The summed E-state index contributed by atoms with van der Waals surface area (Å²) >= 11 is 7.59. The summed E-state index contributed by atoms with van der Waals surface area (Å²) in [4.78, 5) is 1.20. The molecule has 2 heterocycles. The Balaban J connectivity index is 1.86. The SMILES string of the molecule is Cc1ccc(-n2cnnn2)cc1NC(C)c1ccc(Cl)s1. The van der Waals surface area contributed by atoms with Gasteiger partial charge in [-0.15, -0.1) is 16.4 Å². The van der Waals surface area contributed by atoms with Crippen LogP contribution in [0.25, 0.3) is 5.69 Å². The van der Waals surface area contributed by atoms with Crippen molar-refractivity contribution in [2.45, 2.75) is 19.9 Å². The molecule has 0 saturated carbocycles. The molecule has 2 aromatic heterocycles. The Morgan fingerprint density at radius 3 is 2.81 bits per heavy atom. The fourth-order valence-corrected chi connectivity index (χ4v) is 3.12. The second-order valence-electron chi connectivity index (χ2n) is 4.76. The topological polar surface area (TPSA) is 55.6 Å². The molecular weight excluding hydrogens is 306 g/mol. The van der Waals surface area contributed by atoms with E-state index in [2.05, 4.69) is 34.7 Å². The molecule has 0 fully saturated rings. The fraction of sp³-hybridized carbons (Fsp3) is 0.214. The number of rotatable bonds is 4. The lowest BCUT2D eigenvalue weighted by Gasteiger charge is -2.16. The van der Waals surface area contributed by atoms with Crippen molar-refractivity contribution in [2.24, 2.45) is 0 Å². The zero-order valence-corrected chi connectivity index (χ0v) is 13.2. The Morgan fingerprint density at radius 1 is 1.29 bits per heavy atom. The maximum Gasteiger partial charge on any atom is 0.143 e. The van der Waals surface area contributed by atoms with Gasteiger partial charge in [-0.1, -0.05) is 17.7 Å². The zero-order chi connectivity index (χ0) is 14.8. The summed E-state index contributed by atoms with van der Waals surface area (Å²) in [6, 6.07) is 10.2. The number of nitrogens with one attached hydrogen (secondary N) is 1. The van der Waals surface area contributed by atoms with Gasteiger partial charge in [-0.05, 0) is 54.1 Å². The van der Waals surface area contributed by atoms with Crippen molar-refractivity contribution in [3.05, 3.63) is 51.4 Å². The molecule has 0 aliphatic rings. The van der Waals surface area contributed by atoms with E-state index in [0.717, 1.165) is 15.7 Å². The molecule has 7 heteroatoms. The van der Waals surface area contributed by atoms with E-state index in [1.807, 2.05) is 30.3 Å². The molecule has 3 rings (SSSR count). The summed E-state index contributed by atoms with van der Waals surface area (Å²) in [6.07, 6.45) is 1.58. The first-order valence-electron chi connectivity index (χ1n) is 6.49. The van der Waals surface area contributed by atoms with Crippen LogP contribution in [-0.4, -0.2) is 20.2 Å². The summed E-state index contributed by atoms with van der Waals surface area (Å²) in [5, 5.41) is 14.7. The summed E-state index contributed by atoms with van der Waals surface area (Å²) in [6.45, 7) is 4.19. The van der Waals surface area contributed by atoms with E-state index < -0.39 is 0 Å². The van der Waals surface area contributed by atoms with Crippen molar-refractivity contribution in [2.75, 3.05) is 5.32 Å². The molecule has 0 saturated heterocycles. The monoisotopic (exact) mass is 319 g/mol. The lowest BCUT2D eigenvalue weighted by Crippen LogP contribution is -2.07. The number of hydrogen-bond donors (Lipinski definition) is 1. The first kappa shape index (κ1) is 14.0. The van der Waals surface area contributed by atoms with E-state index in [4.69, 9.17) is 11.6 Å². The number of hydrogen-bond acceptors (Lipinski definition) is 5. The molecule has 0 aliphatic heterocycles. The van der Waals surface area contributed by atoms with Crippen LogP contribution in [0, 0.1) is 6.92 Å². The van der Waals surface area contributed by atoms with Crippen molar-refractivity contribution in [1.82, 2.24) is 20.2 Å². The molecule has 5 nitrogen and oxygen atoms in total. The first-order chi connectivity index (χ1) is 10.1. The largest absolute Gasteiger partial charge is 0.377 e. The summed E-state index contributed by atoms with van der Waals surface area (Å²) < 4.78 is 2.44. The molecule has 3 aromatic rings. The quantitative estimate of drug-likeness (QED) is 0.793. The fourth-order valence-electron chi connectivity index (χ4n) is 2.05. The predicted molar refractivity (Wildman–Crippen MR) is 85.3 cm³/mol. The standard InChI is InChI=1S/C14H14ClN5S/c1-9-3-4-11(20-8-16-18-19-20)7-12(9)17-10(2)13-5-6-14(15)21-13/h3-8,10,17H,1-2H3. The van der Waals surface area contributed by atoms with Gasteiger partial charge in [0.25, 0.3) is 0 Å². The van der Waals surface area contributed by atoms with Gasteiger partial charge in [0.1, 0.15) is 6.33 Å². The third-order valence-electron chi connectivity index (χ3n) is 3.23. The normalized spacial score (nSPS) is 12.3. The maximum absolute atomic E-state index is 6.00. The smallest absolute Gasteiger partial charge is 0.143 e. The molecule has 0 spiro atoms. The maximum atomic E-state index is 6.00. The Labute approximate surface area is 131 Å². The van der Waals surface area contributed by atoms with Crippen molar-refractivity contribution >= 4 is 28.6 Å². The van der Waals surface area contributed by atoms with Crippen LogP contribution in [0.4, 0.5) is 5.69 Å². The number of aryl methyl sites for hydroxylation is 1. The van der Waals surface area contributed by atoms with E-state index in [-0.39, 0.29) is 6.04 Å². The zero-order valence-electron chi connectivity index (χ0n) is 11.6. The Hall–Kier alpha value is -1.92. The highest BCUT2D eigenvalue weighted by molar-refractivity contribution is 7.16. The van der Waals surface area contributed by atoms with Crippen LogP contribution in [0.15, 0.2) is 36.7 Å². The molecule has 1 unspecified atom stereocenters.